The summed E-state index contributed by atoms with van der Waals surface area (Å²) in [5.74, 6) is 0.773. The zero-order chi connectivity index (χ0) is 30.0. The Kier molecular flexibility index (Phi) is 11.5. The van der Waals surface area contributed by atoms with Crippen LogP contribution >= 0.6 is 0 Å². The minimum atomic E-state index is -0.778. The molecule has 0 bridgehead atoms. The van der Waals surface area contributed by atoms with Crippen LogP contribution in [0.4, 0.5) is 4.79 Å². The van der Waals surface area contributed by atoms with Crippen molar-refractivity contribution in [1.29, 1.82) is 0 Å². The molecule has 3 N–H and O–H groups in total. The van der Waals surface area contributed by atoms with Gasteiger partial charge in [-0.25, -0.2) is 14.9 Å². The Morgan fingerprint density at radius 1 is 1.27 bits per heavy atom. The van der Waals surface area contributed by atoms with Crippen molar-refractivity contribution >= 4 is 23.6 Å². The van der Waals surface area contributed by atoms with E-state index in [0.717, 1.165) is 42.6 Å². The summed E-state index contributed by atoms with van der Waals surface area (Å²) in [6.07, 6.45) is 3.24. The topological polar surface area (TPSA) is 163 Å². The van der Waals surface area contributed by atoms with E-state index in [1.54, 1.807) is 21.1 Å². The summed E-state index contributed by atoms with van der Waals surface area (Å²) in [4.78, 5) is 35.2. The van der Waals surface area contributed by atoms with Gasteiger partial charge in [0, 0.05) is 33.2 Å². The number of methoxy groups -OCH3 is 1. The van der Waals surface area contributed by atoms with Gasteiger partial charge >= 0.3 is 6.16 Å². The number of rotatable bonds is 7. The lowest BCUT2D eigenvalue weighted by atomic mass is 9.79. The molecular formula is C28H41N5O8. The molecule has 4 rings (SSSR count). The number of carbonyl (C=O) groups excluding carboxylic acids is 2. The van der Waals surface area contributed by atoms with Crippen molar-refractivity contribution in [3.63, 3.8) is 0 Å². The van der Waals surface area contributed by atoms with Crippen LogP contribution in [0.2, 0.25) is 0 Å². The number of hydrazone groups is 1. The third-order valence-electron chi connectivity index (χ3n) is 7.47. The third-order valence-corrected chi connectivity index (χ3v) is 7.47. The zero-order valence-corrected chi connectivity index (χ0v) is 24.4. The summed E-state index contributed by atoms with van der Waals surface area (Å²) in [5, 5.41) is 21.1. The van der Waals surface area contributed by atoms with Gasteiger partial charge in [0.25, 0.3) is 11.9 Å². The summed E-state index contributed by atoms with van der Waals surface area (Å²) in [6, 6.07) is 5.93. The Morgan fingerprint density at radius 3 is 2.59 bits per heavy atom. The van der Waals surface area contributed by atoms with Crippen molar-refractivity contribution in [2.75, 3.05) is 40.5 Å². The van der Waals surface area contributed by atoms with Crippen LogP contribution in [0.15, 0.2) is 29.1 Å². The number of nitrogens with zero attached hydrogens (tertiary/aromatic N) is 2. The first-order chi connectivity index (χ1) is 19.6. The highest BCUT2D eigenvalue weighted by Gasteiger charge is 2.50. The van der Waals surface area contributed by atoms with E-state index in [0.29, 0.717) is 43.2 Å². The van der Waals surface area contributed by atoms with Crippen LogP contribution in [0.3, 0.4) is 0 Å². The molecule has 226 valence electrons. The van der Waals surface area contributed by atoms with E-state index in [-0.39, 0.29) is 24.6 Å². The Morgan fingerprint density at radius 2 is 2.00 bits per heavy atom. The number of nitrogens with one attached hydrogen (secondary N) is 3. The summed E-state index contributed by atoms with van der Waals surface area (Å²) in [5.41, 5.74) is 2.52. The van der Waals surface area contributed by atoms with Gasteiger partial charge in [-0.2, -0.15) is 0 Å². The fraction of sp³-hybridized carbons (Fsp3) is 0.607. The fourth-order valence-electron chi connectivity index (χ4n) is 5.22. The smallest absolute Gasteiger partial charge is 0.434 e. The first kappa shape index (κ1) is 31.8. The molecule has 2 aliphatic heterocycles. The fourth-order valence-corrected chi connectivity index (χ4v) is 5.22. The highest BCUT2D eigenvalue weighted by atomic mass is 16.7. The van der Waals surface area contributed by atoms with E-state index < -0.39 is 16.7 Å². The number of hydrogen-bond donors (Lipinski definition) is 3. The second kappa shape index (κ2) is 14.8. The van der Waals surface area contributed by atoms with E-state index in [4.69, 9.17) is 18.9 Å². The maximum absolute atomic E-state index is 13.0. The Balaban J connectivity index is 0.000000278. The molecule has 13 heteroatoms. The van der Waals surface area contributed by atoms with Gasteiger partial charge in [0.15, 0.2) is 5.03 Å². The molecular weight excluding hydrogens is 534 g/mol. The van der Waals surface area contributed by atoms with Crippen molar-refractivity contribution in [2.45, 2.75) is 64.5 Å². The summed E-state index contributed by atoms with van der Waals surface area (Å²) in [6.45, 7) is 7.99. The molecule has 3 aliphatic rings. The minimum Gasteiger partial charge on any atom is -0.434 e. The van der Waals surface area contributed by atoms with E-state index in [1.165, 1.54) is 0 Å². The molecule has 13 nitrogen and oxygen atoms in total. The summed E-state index contributed by atoms with van der Waals surface area (Å²) >= 11 is 0. The molecule has 2 heterocycles. The molecule has 41 heavy (non-hydrogen) atoms. The van der Waals surface area contributed by atoms with Gasteiger partial charge < -0.3 is 34.9 Å². The van der Waals surface area contributed by atoms with Crippen LogP contribution in [-0.2, 0) is 23.7 Å². The number of nitro groups is 1. The lowest BCUT2D eigenvalue weighted by Gasteiger charge is -2.37. The first-order valence-electron chi connectivity index (χ1n) is 13.9. The Bertz CT molecular complexity index is 1150. The van der Waals surface area contributed by atoms with Crippen LogP contribution in [-0.4, -0.2) is 75.2 Å². The van der Waals surface area contributed by atoms with Gasteiger partial charge in [-0.05, 0) is 64.0 Å². The molecule has 2 fully saturated rings. The number of aryl methyl sites for hydroxylation is 2. The van der Waals surface area contributed by atoms with Crippen LogP contribution in [0.1, 0.15) is 55.7 Å². The lowest BCUT2D eigenvalue weighted by molar-refractivity contribution is -0.485. The van der Waals surface area contributed by atoms with Crippen molar-refractivity contribution in [3.05, 3.63) is 50.8 Å². The molecule has 1 aromatic rings. The monoisotopic (exact) mass is 575 g/mol. The second-order valence-corrected chi connectivity index (χ2v) is 10.3. The van der Waals surface area contributed by atoms with Gasteiger partial charge in [0.2, 0.25) is 0 Å². The molecule has 1 saturated carbocycles. The average molecular weight is 576 g/mol. The molecule has 1 unspecified atom stereocenters. The number of benzene rings is 1. The number of ether oxygens (including phenoxy) is 4. The molecule has 1 saturated heterocycles. The largest absolute Gasteiger partial charge is 0.513 e. The van der Waals surface area contributed by atoms with Gasteiger partial charge in [-0.3, -0.25) is 4.79 Å². The van der Waals surface area contributed by atoms with Gasteiger partial charge in [0.1, 0.15) is 10.9 Å². The minimum absolute atomic E-state index is 0.154. The maximum atomic E-state index is 13.0. The predicted molar refractivity (Wildman–Crippen MR) is 151 cm³/mol. The van der Waals surface area contributed by atoms with Gasteiger partial charge in [-0.15, -0.1) is 0 Å². The highest BCUT2D eigenvalue weighted by Crippen LogP contribution is 2.44. The van der Waals surface area contributed by atoms with E-state index in [2.05, 4.69) is 21.1 Å². The van der Waals surface area contributed by atoms with Crippen molar-refractivity contribution in [3.8, 4) is 0 Å². The highest BCUT2D eigenvalue weighted by molar-refractivity contribution is 6.23. The molecule has 0 radical (unpaired) electrons. The number of amides is 1. The standard InChI is InChI=1S/C21H27NO5.C7H14N4O3/c1-5-26-20(24)27-18-17(16-12-13(2)6-7-14(16)3)19(23)22-21(18)10-8-15(25-4)9-11-21;1-8-7(10-11(12)13)9-4-6-2-3-14-5-6/h6-7,12,15H,5,8-11H2,1-4H3,(H,22,23);6H,2-5H2,1H3,(H2,8,9,10). The normalized spacial score (nSPS) is 23.9. The van der Waals surface area contributed by atoms with E-state index in [9.17, 15) is 19.7 Å². The average Bonchev–Trinajstić information content (AvgIpc) is 3.55. The van der Waals surface area contributed by atoms with E-state index >= 15 is 0 Å². The van der Waals surface area contributed by atoms with Gasteiger partial charge in [0.05, 0.1) is 30.4 Å². The predicted octanol–water partition coefficient (Wildman–Crippen LogP) is 3.02. The summed E-state index contributed by atoms with van der Waals surface area (Å²) in [7, 11) is 3.28. The molecule has 0 aromatic heterocycles. The van der Waals surface area contributed by atoms with Crippen molar-refractivity contribution in [1.82, 2.24) is 16.0 Å². The lowest BCUT2D eigenvalue weighted by Crippen LogP contribution is -2.49. The SMILES string of the molecule is CCOC(=O)OC1=C(c2cc(C)ccc2C)C(=O)NC12CCC(OC)CC2.CN/C(=N/[N+](=O)[O-])NCC1CCOC1. The third kappa shape index (κ3) is 8.40. The number of guanidine groups is 1. The number of carbonyl (C=O) groups is 2. The molecule has 1 aliphatic carbocycles. The Labute approximate surface area is 240 Å². The van der Waals surface area contributed by atoms with Crippen LogP contribution in [0, 0.1) is 29.9 Å². The van der Waals surface area contributed by atoms with Crippen molar-refractivity contribution in [2.24, 2.45) is 11.0 Å². The maximum Gasteiger partial charge on any atom is 0.513 e. The molecule has 1 spiro atoms. The van der Waals surface area contributed by atoms with Gasteiger partial charge in [-0.1, -0.05) is 23.8 Å². The van der Waals surface area contributed by atoms with Crippen LogP contribution in [0.5, 0.6) is 0 Å². The molecule has 1 aromatic carbocycles. The number of hydrogen-bond acceptors (Lipinski definition) is 8. The molecule has 1 atom stereocenters. The molecule has 1 amide bonds. The van der Waals surface area contributed by atoms with Crippen LogP contribution in [0.25, 0.3) is 5.57 Å². The second-order valence-electron chi connectivity index (χ2n) is 10.3. The van der Waals surface area contributed by atoms with E-state index in [1.807, 2.05) is 32.0 Å². The first-order valence-corrected chi connectivity index (χ1v) is 13.9. The van der Waals surface area contributed by atoms with Crippen LogP contribution < -0.4 is 16.0 Å². The van der Waals surface area contributed by atoms with Crippen molar-refractivity contribution < 1.29 is 33.6 Å². The zero-order valence-electron chi connectivity index (χ0n) is 24.4. The quantitative estimate of drug-likeness (QED) is 0.145. The Hall–Kier alpha value is -3.71. The summed E-state index contributed by atoms with van der Waals surface area (Å²) < 4.78 is 21.3.